The summed E-state index contributed by atoms with van der Waals surface area (Å²) < 4.78 is 5.17. The SMILES string of the molecule is Oc1ccc2c(c1)OC(=S)NC2. The number of benzene rings is 1. The molecular formula is C8H7NO2S. The Morgan fingerprint density at radius 1 is 1.50 bits per heavy atom. The summed E-state index contributed by atoms with van der Waals surface area (Å²) in [5, 5.41) is 12.4. The lowest BCUT2D eigenvalue weighted by Gasteiger charge is -2.18. The highest BCUT2D eigenvalue weighted by molar-refractivity contribution is 7.80. The maximum atomic E-state index is 9.13. The van der Waals surface area contributed by atoms with Crippen molar-refractivity contribution in [2.24, 2.45) is 0 Å². The van der Waals surface area contributed by atoms with Crippen LogP contribution < -0.4 is 10.1 Å². The zero-order valence-electron chi connectivity index (χ0n) is 6.20. The average molecular weight is 181 g/mol. The van der Waals surface area contributed by atoms with Crippen molar-refractivity contribution >= 4 is 17.4 Å². The van der Waals surface area contributed by atoms with Gasteiger partial charge in [0.25, 0.3) is 5.17 Å². The maximum absolute atomic E-state index is 9.13. The van der Waals surface area contributed by atoms with Crippen LogP contribution in [0.25, 0.3) is 0 Å². The van der Waals surface area contributed by atoms with Gasteiger partial charge < -0.3 is 15.2 Å². The van der Waals surface area contributed by atoms with E-state index in [2.05, 4.69) is 5.32 Å². The maximum Gasteiger partial charge on any atom is 0.262 e. The third kappa shape index (κ3) is 1.21. The summed E-state index contributed by atoms with van der Waals surface area (Å²) in [6, 6.07) is 4.99. The second-order valence-electron chi connectivity index (χ2n) is 2.54. The van der Waals surface area contributed by atoms with Crippen molar-refractivity contribution < 1.29 is 9.84 Å². The van der Waals surface area contributed by atoms with Gasteiger partial charge in [-0.15, -0.1) is 0 Å². The molecule has 0 amide bonds. The van der Waals surface area contributed by atoms with Crippen LogP contribution in [0, 0.1) is 0 Å². The molecule has 0 fully saturated rings. The molecule has 62 valence electrons. The Morgan fingerprint density at radius 2 is 2.33 bits per heavy atom. The van der Waals surface area contributed by atoms with E-state index in [0.29, 0.717) is 17.5 Å². The van der Waals surface area contributed by atoms with Crippen LogP contribution in [-0.2, 0) is 6.54 Å². The molecule has 2 N–H and O–H groups in total. The van der Waals surface area contributed by atoms with Crippen molar-refractivity contribution in [1.29, 1.82) is 0 Å². The number of phenols is 1. The van der Waals surface area contributed by atoms with Gasteiger partial charge >= 0.3 is 0 Å². The quantitative estimate of drug-likeness (QED) is 0.589. The standard InChI is InChI=1S/C8H7NO2S/c10-6-2-1-5-4-9-8(12)11-7(5)3-6/h1-3,10H,4H2,(H,9,12). The number of phenolic OH excluding ortho intramolecular Hbond substituents is 1. The number of nitrogens with one attached hydrogen (secondary N) is 1. The molecule has 1 heterocycles. The smallest absolute Gasteiger partial charge is 0.262 e. The first-order valence-corrected chi connectivity index (χ1v) is 3.94. The van der Waals surface area contributed by atoms with Gasteiger partial charge in [0, 0.05) is 18.2 Å². The van der Waals surface area contributed by atoms with Gasteiger partial charge in [-0.2, -0.15) is 0 Å². The Bertz CT molecular complexity index is 338. The van der Waals surface area contributed by atoms with E-state index >= 15 is 0 Å². The summed E-state index contributed by atoms with van der Waals surface area (Å²) >= 11 is 4.81. The molecule has 2 rings (SSSR count). The fraction of sp³-hybridized carbons (Fsp3) is 0.125. The predicted octanol–water partition coefficient (Wildman–Crippen LogP) is 1.16. The fourth-order valence-corrected chi connectivity index (χ4v) is 1.25. The van der Waals surface area contributed by atoms with Gasteiger partial charge in [-0.1, -0.05) is 0 Å². The lowest BCUT2D eigenvalue weighted by atomic mass is 10.2. The topological polar surface area (TPSA) is 41.5 Å². The normalized spacial score (nSPS) is 14.5. The monoisotopic (exact) mass is 181 g/mol. The second-order valence-corrected chi connectivity index (χ2v) is 2.91. The number of aromatic hydroxyl groups is 1. The van der Waals surface area contributed by atoms with E-state index in [1.807, 2.05) is 0 Å². The summed E-state index contributed by atoms with van der Waals surface area (Å²) in [6.07, 6.45) is 0. The number of fused-ring (bicyclic) bond motifs is 1. The molecule has 0 aliphatic carbocycles. The van der Waals surface area contributed by atoms with E-state index in [0.717, 1.165) is 5.56 Å². The third-order valence-electron chi connectivity index (χ3n) is 1.68. The van der Waals surface area contributed by atoms with E-state index in [9.17, 15) is 0 Å². The van der Waals surface area contributed by atoms with E-state index in [1.54, 1.807) is 18.2 Å². The molecule has 0 aromatic heterocycles. The number of hydrogen-bond acceptors (Lipinski definition) is 3. The van der Waals surface area contributed by atoms with Crippen molar-refractivity contribution in [2.75, 3.05) is 0 Å². The highest BCUT2D eigenvalue weighted by Crippen LogP contribution is 2.26. The molecule has 1 aliphatic rings. The number of ether oxygens (including phenoxy) is 1. The molecule has 0 spiro atoms. The van der Waals surface area contributed by atoms with Gasteiger partial charge in [0.1, 0.15) is 11.5 Å². The van der Waals surface area contributed by atoms with Gasteiger partial charge in [-0.05, 0) is 24.4 Å². The molecule has 1 aliphatic heterocycles. The molecule has 0 atom stereocenters. The van der Waals surface area contributed by atoms with E-state index in [1.165, 1.54) is 0 Å². The lowest BCUT2D eigenvalue weighted by molar-refractivity contribution is 0.459. The number of hydrogen-bond donors (Lipinski definition) is 2. The summed E-state index contributed by atoms with van der Waals surface area (Å²) in [6.45, 7) is 0.661. The van der Waals surface area contributed by atoms with Crippen molar-refractivity contribution in [3.05, 3.63) is 23.8 Å². The van der Waals surface area contributed by atoms with Gasteiger partial charge in [0.15, 0.2) is 0 Å². The van der Waals surface area contributed by atoms with Crippen molar-refractivity contribution in [3.63, 3.8) is 0 Å². The van der Waals surface area contributed by atoms with E-state index < -0.39 is 0 Å². The van der Waals surface area contributed by atoms with Crippen LogP contribution in [0.4, 0.5) is 0 Å². The first-order chi connectivity index (χ1) is 5.75. The first kappa shape index (κ1) is 7.36. The van der Waals surface area contributed by atoms with Crippen molar-refractivity contribution in [1.82, 2.24) is 5.32 Å². The van der Waals surface area contributed by atoms with Crippen LogP contribution in [-0.4, -0.2) is 10.3 Å². The van der Waals surface area contributed by atoms with Gasteiger partial charge in [-0.3, -0.25) is 0 Å². The van der Waals surface area contributed by atoms with Crippen molar-refractivity contribution in [2.45, 2.75) is 6.54 Å². The largest absolute Gasteiger partial charge is 0.508 e. The van der Waals surface area contributed by atoms with Crippen molar-refractivity contribution in [3.8, 4) is 11.5 Å². The summed E-state index contributed by atoms with van der Waals surface area (Å²) in [7, 11) is 0. The molecule has 0 bridgehead atoms. The highest BCUT2D eigenvalue weighted by Gasteiger charge is 2.13. The Balaban J connectivity index is 2.44. The summed E-state index contributed by atoms with van der Waals surface area (Å²) in [5.41, 5.74) is 1.00. The predicted molar refractivity (Wildman–Crippen MR) is 48.2 cm³/mol. The van der Waals surface area contributed by atoms with E-state index in [-0.39, 0.29) is 5.75 Å². The summed E-state index contributed by atoms with van der Waals surface area (Å²) in [5.74, 6) is 0.831. The molecule has 12 heavy (non-hydrogen) atoms. The minimum absolute atomic E-state index is 0.193. The van der Waals surface area contributed by atoms with Crippen LogP contribution in [0.3, 0.4) is 0 Å². The average Bonchev–Trinajstić information content (AvgIpc) is 2.03. The minimum atomic E-state index is 0.193. The first-order valence-electron chi connectivity index (χ1n) is 3.53. The number of thiocarbonyl (C=S) groups is 1. The Hall–Kier alpha value is -1.29. The van der Waals surface area contributed by atoms with Crippen LogP contribution in [0.5, 0.6) is 11.5 Å². The Kier molecular flexibility index (Phi) is 1.62. The molecule has 0 saturated heterocycles. The molecule has 3 nitrogen and oxygen atoms in total. The van der Waals surface area contributed by atoms with E-state index in [4.69, 9.17) is 22.1 Å². The molecule has 1 aromatic rings. The minimum Gasteiger partial charge on any atom is -0.508 e. The Labute approximate surface area is 75.0 Å². The second kappa shape index (κ2) is 2.64. The molecule has 1 aromatic carbocycles. The molecule has 0 unspecified atom stereocenters. The zero-order chi connectivity index (χ0) is 8.55. The Morgan fingerprint density at radius 3 is 3.17 bits per heavy atom. The van der Waals surface area contributed by atoms with Crippen LogP contribution in [0.1, 0.15) is 5.56 Å². The fourth-order valence-electron chi connectivity index (χ4n) is 1.09. The third-order valence-corrected chi connectivity index (χ3v) is 1.90. The van der Waals surface area contributed by atoms with Gasteiger partial charge in [0.05, 0.1) is 0 Å². The molecule has 0 saturated carbocycles. The van der Waals surface area contributed by atoms with Crippen LogP contribution in [0.2, 0.25) is 0 Å². The molecule has 4 heteroatoms. The van der Waals surface area contributed by atoms with Crippen LogP contribution in [0.15, 0.2) is 18.2 Å². The van der Waals surface area contributed by atoms with Gasteiger partial charge in [0.2, 0.25) is 0 Å². The molecular weight excluding hydrogens is 174 g/mol. The lowest BCUT2D eigenvalue weighted by Crippen LogP contribution is -2.30. The summed E-state index contributed by atoms with van der Waals surface area (Å²) in [4.78, 5) is 0. The number of rotatable bonds is 0. The van der Waals surface area contributed by atoms with Gasteiger partial charge in [-0.25, -0.2) is 0 Å². The highest BCUT2D eigenvalue weighted by atomic mass is 32.1. The zero-order valence-corrected chi connectivity index (χ0v) is 7.02. The molecule has 0 radical (unpaired) electrons. The van der Waals surface area contributed by atoms with Crippen LogP contribution >= 0.6 is 12.2 Å².